The predicted octanol–water partition coefficient (Wildman–Crippen LogP) is 9.71. The van der Waals surface area contributed by atoms with Crippen molar-refractivity contribution < 1.29 is 29.7 Å². The van der Waals surface area contributed by atoms with Crippen molar-refractivity contribution in [2.24, 2.45) is 0 Å². The van der Waals surface area contributed by atoms with Crippen molar-refractivity contribution in [1.82, 2.24) is 0 Å². The molecule has 1 rings (SSSR count). The maximum atomic E-state index is 10.9. The molecule has 1 aromatic rings. The molecular weight excluding hydrogens is 504 g/mol. The lowest BCUT2D eigenvalue weighted by atomic mass is 10.0. The summed E-state index contributed by atoms with van der Waals surface area (Å²) in [6.45, 7) is 10.5. The fourth-order valence-corrected chi connectivity index (χ4v) is 3.84. The zero-order valence-electron chi connectivity index (χ0n) is 25.0. The molecule has 0 unspecified atom stereocenters. The monoisotopic (exact) mass is 558 g/mol. The van der Waals surface area contributed by atoms with Gasteiger partial charge in [-0.3, -0.25) is 0 Å². The first-order valence-corrected chi connectivity index (χ1v) is 14.9. The molecule has 0 fully saturated rings. The van der Waals surface area contributed by atoms with Crippen LogP contribution in [-0.2, 0) is 14.4 Å². The number of benzene rings is 1. The van der Waals surface area contributed by atoms with Crippen LogP contribution in [0.4, 0.5) is 0 Å². The molecule has 1 aromatic carbocycles. The van der Waals surface area contributed by atoms with E-state index in [9.17, 15) is 14.4 Å². The fraction of sp³-hybridized carbons (Fsp3) is 0.559. The lowest BCUT2D eigenvalue weighted by Crippen LogP contribution is -2.04. The molecule has 0 amide bonds. The molecule has 0 spiro atoms. The van der Waals surface area contributed by atoms with E-state index in [2.05, 4.69) is 20.1 Å². The largest absolute Gasteiger partial charge is 0.478 e. The summed E-state index contributed by atoms with van der Waals surface area (Å²) in [5.41, 5.74) is 1.35. The van der Waals surface area contributed by atoms with Gasteiger partial charge in [-0.25, -0.2) is 14.4 Å². The number of unbranched alkanes of at least 4 members (excludes halogenated alkanes) is 15. The second kappa shape index (κ2) is 28.8. The molecule has 3 N–H and O–H groups in total. The Kier molecular flexibility index (Phi) is 28.1. The van der Waals surface area contributed by atoms with Gasteiger partial charge in [0.05, 0.1) is 0 Å². The number of carboxylic acid groups (broad SMARTS) is 3. The Balaban J connectivity index is 0. The molecule has 6 heteroatoms. The van der Waals surface area contributed by atoms with E-state index in [-0.39, 0.29) is 11.1 Å². The number of carbonyl (C=O) groups is 3. The second-order valence-electron chi connectivity index (χ2n) is 10.1. The van der Waals surface area contributed by atoms with Crippen molar-refractivity contribution in [3.05, 3.63) is 66.3 Å². The minimum atomic E-state index is -1.18. The van der Waals surface area contributed by atoms with Crippen LogP contribution in [-0.4, -0.2) is 33.2 Å². The third-order valence-corrected chi connectivity index (χ3v) is 6.27. The van der Waals surface area contributed by atoms with E-state index in [0.717, 1.165) is 25.3 Å². The van der Waals surface area contributed by atoms with E-state index >= 15 is 0 Å². The highest BCUT2D eigenvalue weighted by Crippen LogP contribution is 2.15. The Morgan fingerprint density at radius 3 is 1.32 bits per heavy atom. The Morgan fingerprint density at radius 1 is 0.675 bits per heavy atom. The molecule has 0 radical (unpaired) electrons. The van der Waals surface area contributed by atoms with Crippen LogP contribution in [0.3, 0.4) is 0 Å². The first-order valence-electron chi connectivity index (χ1n) is 14.9. The highest BCUT2D eigenvalue weighted by atomic mass is 16.4. The van der Waals surface area contributed by atoms with Gasteiger partial charge in [0.25, 0.3) is 0 Å². The van der Waals surface area contributed by atoms with Gasteiger partial charge in [0, 0.05) is 17.2 Å². The number of carboxylic acids is 3. The molecule has 0 saturated carbocycles. The normalized spacial score (nSPS) is 10.4. The average Bonchev–Trinajstić information content (AvgIpc) is 2.93. The average molecular weight is 559 g/mol. The van der Waals surface area contributed by atoms with Crippen molar-refractivity contribution in [3.8, 4) is 0 Å². The van der Waals surface area contributed by atoms with Gasteiger partial charge in [-0.1, -0.05) is 153 Å². The topological polar surface area (TPSA) is 112 Å². The minimum absolute atomic E-state index is 0.00265. The van der Waals surface area contributed by atoms with Crippen LogP contribution in [0.25, 0.3) is 6.08 Å². The summed E-state index contributed by atoms with van der Waals surface area (Å²) < 4.78 is 0. The van der Waals surface area contributed by atoms with Crippen LogP contribution in [0.5, 0.6) is 0 Å². The molecule has 0 bridgehead atoms. The standard InChI is InChI=1S/C22H40O4.C8H8.C4H6O2/c1-2-3-4-5-6-7-8-9-10-11-12-13-14-15-16-17-18-20(22(25)26)19-21(23)24;1-2-8-6-4-3-5-7-8;1-3(2)4(5)6/h19H,2-18H2,1H3,(H,23,24)(H,25,26);2-7H,1H2;1H2,2H3,(H,5,6)/b20-19-;;. The third kappa shape index (κ3) is 29.4. The van der Waals surface area contributed by atoms with Crippen LogP contribution in [0.15, 0.2) is 60.7 Å². The summed E-state index contributed by atoms with van der Waals surface area (Å²) in [4.78, 5) is 31.0. The first kappa shape index (κ1) is 39.0. The molecule has 0 atom stereocenters. The van der Waals surface area contributed by atoms with E-state index in [4.69, 9.17) is 15.3 Å². The summed E-state index contributed by atoms with van der Waals surface area (Å²) in [6, 6.07) is 10.0. The van der Waals surface area contributed by atoms with Crippen LogP contribution in [0, 0.1) is 0 Å². The number of hydrogen-bond acceptors (Lipinski definition) is 3. The highest BCUT2D eigenvalue weighted by Gasteiger charge is 2.08. The van der Waals surface area contributed by atoms with Gasteiger partial charge in [-0.05, 0) is 25.3 Å². The van der Waals surface area contributed by atoms with Crippen LogP contribution in [0.1, 0.15) is 129 Å². The Morgan fingerprint density at radius 2 is 1.05 bits per heavy atom. The van der Waals surface area contributed by atoms with Crippen LogP contribution >= 0.6 is 0 Å². The smallest absolute Gasteiger partial charge is 0.331 e. The van der Waals surface area contributed by atoms with Crippen LogP contribution in [0.2, 0.25) is 0 Å². The van der Waals surface area contributed by atoms with Gasteiger partial charge in [-0.15, -0.1) is 0 Å². The van der Waals surface area contributed by atoms with Crippen molar-refractivity contribution >= 4 is 24.0 Å². The van der Waals surface area contributed by atoms with Gasteiger partial charge in [0.1, 0.15) is 0 Å². The zero-order valence-corrected chi connectivity index (χ0v) is 25.0. The molecule has 0 aliphatic rings. The fourth-order valence-electron chi connectivity index (χ4n) is 3.84. The molecule has 6 nitrogen and oxygen atoms in total. The van der Waals surface area contributed by atoms with Gasteiger partial charge < -0.3 is 15.3 Å². The summed E-state index contributed by atoms with van der Waals surface area (Å²) in [5, 5.41) is 25.4. The second-order valence-corrected chi connectivity index (χ2v) is 10.1. The molecule has 0 saturated heterocycles. The lowest BCUT2D eigenvalue weighted by Gasteiger charge is -2.04. The predicted molar refractivity (Wildman–Crippen MR) is 167 cm³/mol. The van der Waals surface area contributed by atoms with E-state index in [1.165, 1.54) is 96.0 Å². The molecule has 40 heavy (non-hydrogen) atoms. The summed E-state index contributed by atoms with van der Waals surface area (Å²) >= 11 is 0. The van der Waals surface area contributed by atoms with E-state index in [1.54, 1.807) is 0 Å². The van der Waals surface area contributed by atoms with Crippen molar-refractivity contribution in [2.45, 2.75) is 123 Å². The van der Waals surface area contributed by atoms with Gasteiger partial charge in [0.2, 0.25) is 0 Å². The van der Waals surface area contributed by atoms with Gasteiger partial charge in [0.15, 0.2) is 0 Å². The summed E-state index contributed by atoms with van der Waals surface area (Å²) in [7, 11) is 0. The summed E-state index contributed by atoms with van der Waals surface area (Å²) in [6.07, 6.45) is 23.4. The molecule has 0 aliphatic heterocycles. The maximum Gasteiger partial charge on any atom is 0.331 e. The molecule has 0 aliphatic carbocycles. The highest BCUT2D eigenvalue weighted by molar-refractivity contribution is 5.94. The van der Waals surface area contributed by atoms with Gasteiger partial charge >= 0.3 is 17.9 Å². The van der Waals surface area contributed by atoms with E-state index in [1.807, 2.05) is 36.4 Å². The Labute approximate surface area is 242 Å². The molecule has 0 heterocycles. The summed E-state index contributed by atoms with van der Waals surface area (Å²) in [5.74, 6) is -3.23. The Bertz CT molecular complexity index is 829. The van der Waals surface area contributed by atoms with Crippen molar-refractivity contribution in [2.75, 3.05) is 0 Å². The SMILES string of the molecule is C=C(C)C(=O)O.C=Cc1ccccc1.CCCCCCCCCCCCCCCCCC/C(=C/C(=O)O)C(=O)O. The van der Waals surface area contributed by atoms with Crippen molar-refractivity contribution in [3.63, 3.8) is 0 Å². The molecular formula is C34H54O6. The first-order chi connectivity index (χ1) is 19.1. The number of aliphatic carboxylic acids is 3. The van der Waals surface area contributed by atoms with Crippen LogP contribution < -0.4 is 0 Å². The number of rotatable bonds is 21. The Hall–Kier alpha value is -3.15. The quantitative estimate of drug-likeness (QED) is 0.102. The van der Waals surface area contributed by atoms with E-state index in [0.29, 0.717) is 6.42 Å². The number of hydrogen-bond donors (Lipinski definition) is 3. The zero-order chi connectivity index (χ0) is 30.4. The van der Waals surface area contributed by atoms with Crippen molar-refractivity contribution in [1.29, 1.82) is 0 Å². The maximum absolute atomic E-state index is 10.9. The van der Waals surface area contributed by atoms with Gasteiger partial charge in [-0.2, -0.15) is 0 Å². The minimum Gasteiger partial charge on any atom is -0.478 e. The molecule has 0 aromatic heterocycles. The molecule has 226 valence electrons. The third-order valence-electron chi connectivity index (χ3n) is 6.27. The lowest BCUT2D eigenvalue weighted by molar-refractivity contribution is -0.135. The van der Waals surface area contributed by atoms with E-state index < -0.39 is 17.9 Å².